The monoisotopic (exact) mass is 480 g/mol. The molecule has 0 radical (unpaired) electrons. The number of carbonyl (C=O) groups excluding carboxylic acids is 2. The van der Waals surface area contributed by atoms with Gasteiger partial charge in [-0.1, -0.05) is 84.4 Å². The van der Waals surface area contributed by atoms with Gasteiger partial charge in [-0.2, -0.15) is 0 Å². The van der Waals surface area contributed by atoms with E-state index in [1.54, 1.807) is 63.2 Å². The summed E-state index contributed by atoms with van der Waals surface area (Å²) in [6.07, 6.45) is -0.823. The number of amides is 2. The molecule has 0 saturated heterocycles. The number of hydrogen-bond donors (Lipinski definition) is 1. The molecule has 1 aliphatic heterocycles. The summed E-state index contributed by atoms with van der Waals surface area (Å²) in [5, 5.41) is 2.88. The van der Waals surface area contributed by atoms with Crippen LogP contribution in [-0.4, -0.2) is 17.6 Å². The van der Waals surface area contributed by atoms with Gasteiger partial charge in [-0.05, 0) is 38.0 Å². The van der Waals surface area contributed by atoms with E-state index in [1.165, 1.54) is 11.0 Å². The number of ether oxygens (including phenoxy) is 1. The van der Waals surface area contributed by atoms with Crippen molar-refractivity contribution in [3.05, 3.63) is 101 Å². The van der Waals surface area contributed by atoms with Crippen molar-refractivity contribution in [2.45, 2.75) is 44.6 Å². The maximum absolute atomic E-state index is 17.3. The molecule has 3 aromatic rings. The summed E-state index contributed by atoms with van der Waals surface area (Å²) < 4.78 is 22.7. The standard InChI is InChI=1S/C27H26ClFN2O3/c1-26(2,3)34-25(33)30-23(19-13-8-5-9-14-19)27(29)20-15-10-16-21(28)22(20)31(24(27)32)17-18-11-6-4-7-12-18/h4-16,23H,17H2,1-3H3,(H,30,33)/t23-,27-/m0/s1. The summed E-state index contributed by atoms with van der Waals surface area (Å²) in [5.41, 5.74) is -1.75. The first-order valence-electron chi connectivity index (χ1n) is 11.0. The highest BCUT2D eigenvalue weighted by Crippen LogP contribution is 2.52. The maximum atomic E-state index is 17.3. The van der Waals surface area contributed by atoms with E-state index in [1.807, 2.05) is 30.3 Å². The number of alkyl carbamates (subject to hydrolysis) is 1. The molecule has 176 valence electrons. The van der Waals surface area contributed by atoms with E-state index in [0.29, 0.717) is 11.3 Å². The summed E-state index contributed by atoms with van der Waals surface area (Å²) in [7, 11) is 0. The molecule has 0 saturated carbocycles. The van der Waals surface area contributed by atoms with E-state index in [0.717, 1.165) is 5.56 Å². The summed E-state index contributed by atoms with van der Waals surface area (Å²) in [6, 6.07) is 21.3. The minimum absolute atomic E-state index is 0.103. The van der Waals surface area contributed by atoms with Crippen molar-refractivity contribution in [1.29, 1.82) is 0 Å². The number of nitrogens with one attached hydrogen (secondary N) is 1. The number of anilines is 1. The van der Waals surface area contributed by atoms with Gasteiger partial charge in [0.2, 0.25) is 5.67 Å². The van der Waals surface area contributed by atoms with Crippen LogP contribution in [-0.2, 0) is 21.7 Å². The Kier molecular flexibility index (Phi) is 6.36. The third-order valence-electron chi connectivity index (χ3n) is 5.58. The SMILES string of the molecule is CC(C)(C)OC(=O)N[C@@H](c1ccccc1)[C@]1(F)C(=O)N(Cc2ccccc2)c2c(Cl)cccc21. The normalized spacial score (nSPS) is 18.4. The molecule has 3 aromatic carbocycles. The lowest BCUT2D eigenvalue weighted by Crippen LogP contribution is -2.48. The van der Waals surface area contributed by atoms with Crippen molar-refractivity contribution < 1.29 is 18.7 Å². The molecule has 1 heterocycles. The smallest absolute Gasteiger partial charge is 0.408 e. The van der Waals surface area contributed by atoms with Crippen LogP contribution >= 0.6 is 11.6 Å². The van der Waals surface area contributed by atoms with Crippen molar-refractivity contribution in [2.75, 3.05) is 4.90 Å². The van der Waals surface area contributed by atoms with Gasteiger partial charge in [0, 0.05) is 5.56 Å². The number of fused-ring (bicyclic) bond motifs is 1. The molecule has 1 N–H and O–H groups in total. The van der Waals surface area contributed by atoms with E-state index in [4.69, 9.17) is 16.3 Å². The van der Waals surface area contributed by atoms with Gasteiger partial charge in [-0.25, -0.2) is 9.18 Å². The van der Waals surface area contributed by atoms with Crippen molar-refractivity contribution in [3.8, 4) is 0 Å². The maximum Gasteiger partial charge on any atom is 0.408 e. The van der Waals surface area contributed by atoms with Gasteiger partial charge < -0.3 is 15.0 Å². The third-order valence-corrected chi connectivity index (χ3v) is 5.89. The zero-order chi connectivity index (χ0) is 24.5. The zero-order valence-corrected chi connectivity index (χ0v) is 20.0. The number of para-hydroxylation sites is 1. The lowest BCUT2D eigenvalue weighted by Gasteiger charge is -2.32. The molecule has 0 spiro atoms. The first kappa shape index (κ1) is 23.8. The molecule has 34 heavy (non-hydrogen) atoms. The van der Waals surface area contributed by atoms with Crippen LogP contribution < -0.4 is 10.2 Å². The van der Waals surface area contributed by atoms with Gasteiger partial charge in [0.1, 0.15) is 11.6 Å². The molecule has 7 heteroatoms. The Hall–Kier alpha value is -3.38. The highest BCUT2D eigenvalue weighted by molar-refractivity contribution is 6.35. The lowest BCUT2D eigenvalue weighted by atomic mass is 9.85. The van der Waals surface area contributed by atoms with Gasteiger partial charge in [0.15, 0.2) is 0 Å². The average Bonchev–Trinajstić information content (AvgIpc) is 3.01. The van der Waals surface area contributed by atoms with E-state index >= 15 is 4.39 Å². The van der Waals surface area contributed by atoms with Crippen LogP contribution in [0.2, 0.25) is 5.02 Å². The summed E-state index contributed by atoms with van der Waals surface area (Å²) in [4.78, 5) is 27.9. The van der Waals surface area contributed by atoms with Crippen LogP contribution in [0, 0.1) is 0 Å². The number of hydrogen-bond acceptors (Lipinski definition) is 3. The fourth-order valence-corrected chi connectivity index (χ4v) is 4.45. The fraction of sp³-hybridized carbons (Fsp3) is 0.259. The minimum Gasteiger partial charge on any atom is -0.444 e. The zero-order valence-electron chi connectivity index (χ0n) is 19.2. The van der Waals surface area contributed by atoms with Crippen molar-refractivity contribution in [2.24, 2.45) is 0 Å². The van der Waals surface area contributed by atoms with Crippen LogP contribution in [0.1, 0.15) is 43.5 Å². The number of alkyl halides is 1. The van der Waals surface area contributed by atoms with E-state index in [9.17, 15) is 9.59 Å². The van der Waals surface area contributed by atoms with Crippen LogP contribution in [0.5, 0.6) is 0 Å². The Bertz CT molecular complexity index is 1200. The molecule has 0 aromatic heterocycles. The second-order valence-electron chi connectivity index (χ2n) is 9.21. The Labute approximate surface area is 203 Å². The Morgan fingerprint density at radius 3 is 2.26 bits per heavy atom. The van der Waals surface area contributed by atoms with E-state index in [2.05, 4.69) is 5.32 Å². The molecular formula is C27H26ClFN2O3. The Balaban J connectivity index is 1.82. The van der Waals surface area contributed by atoms with E-state index < -0.39 is 29.3 Å². The van der Waals surface area contributed by atoms with Gasteiger partial charge >= 0.3 is 6.09 Å². The second kappa shape index (κ2) is 9.11. The third kappa shape index (κ3) is 4.50. The van der Waals surface area contributed by atoms with Gasteiger partial charge in [0.05, 0.1) is 17.3 Å². The first-order valence-corrected chi connectivity index (χ1v) is 11.4. The van der Waals surface area contributed by atoms with Gasteiger partial charge in [0.25, 0.3) is 5.91 Å². The highest BCUT2D eigenvalue weighted by Gasteiger charge is 2.58. The number of nitrogens with zero attached hydrogens (tertiary/aromatic N) is 1. The lowest BCUT2D eigenvalue weighted by molar-refractivity contribution is -0.131. The van der Waals surface area contributed by atoms with Gasteiger partial charge in [-0.15, -0.1) is 0 Å². The molecule has 0 bridgehead atoms. The molecular weight excluding hydrogens is 455 g/mol. The van der Waals surface area contributed by atoms with E-state index in [-0.39, 0.29) is 17.1 Å². The predicted octanol–water partition coefficient (Wildman–Crippen LogP) is 6.32. The number of rotatable bonds is 5. The summed E-state index contributed by atoms with van der Waals surface area (Å²) >= 11 is 6.49. The first-order chi connectivity index (χ1) is 16.1. The molecule has 0 aliphatic carbocycles. The topological polar surface area (TPSA) is 58.6 Å². The van der Waals surface area contributed by atoms with Crippen LogP contribution in [0.4, 0.5) is 14.9 Å². The second-order valence-corrected chi connectivity index (χ2v) is 9.62. The molecule has 5 nitrogen and oxygen atoms in total. The van der Waals surface area contributed by atoms with Crippen LogP contribution in [0.15, 0.2) is 78.9 Å². The minimum atomic E-state index is -2.60. The molecule has 4 rings (SSSR count). The van der Waals surface area contributed by atoms with Crippen molar-refractivity contribution >= 4 is 29.3 Å². The molecule has 2 amide bonds. The predicted molar refractivity (Wildman–Crippen MR) is 130 cm³/mol. The summed E-state index contributed by atoms with van der Waals surface area (Å²) in [6.45, 7) is 5.28. The fourth-order valence-electron chi connectivity index (χ4n) is 4.18. The average molecular weight is 481 g/mol. The van der Waals surface area contributed by atoms with Crippen molar-refractivity contribution in [3.63, 3.8) is 0 Å². The quantitative estimate of drug-likeness (QED) is 0.465. The molecule has 2 atom stereocenters. The summed E-state index contributed by atoms with van der Waals surface area (Å²) in [5.74, 6) is -0.802. The highest BCUT2D eigenvalue weighted by atomic mass is 35.5. The molecule has 0 fully saturated rings. The molecule has 0 unspecified atom stereocenters. The largest absolute Gasteiger partial charge is 0.444 e. The number of benzene rings is 3. The Morgan fingerprint density at radius 1 is 1.03 bits per heavy atom. The Morgan fingerprint density at radius 2 is 1.65 bits per heavy atom. The van der Waals surface area contributed by atoms with Crippen LogP contribution in [0.3, 0.4) is 0 Å². The van der Waals surface area contributed by atoms with Crippen LogP contribution in [0.25, 0.3) is 0 Å². The molecule has 1 aliphatic rings. The van der Waals surface area contributed by atoms with Crippen molar-refractivity contribution in [1.82, 2.24) is 5.32 Å². The van der Waals surface area contributed by atoms with Gasteiger partial charge in [-0.3, -0.25) is 4.79 Å². The number of carbonyl (C=O) groups is 2. The number of halogens is 2.